The molecule has 0 bridgehead atoms. The Kier molecular flexibility index (Phi) is 5.71. The molecule has 1 atom stereocenters. The molecule has 2 nitrogen and oxygen atoms in total. The lowest BCUT2D eigenvalue weighted by atomic mass is 10.1. The number of hydrogen-bond donors (Lipinski definition) is 1. The standard InChI is InChI=1S/C11H14INO.ClH/c12-10-3-1-2-4-11(10)14-8-9-5-6-13-7-9;/h1-4,9,13H,5-8H2;1H. The summed E-state index contributed by atoms with van der Waals surface area (Å²) in [6, 6.07) is 8.16. The molecule has 1 aromatic rings. The number of benzene rings is 1. The number of halogens is 2. The predicted octanol–water partition coefficient (Wildman–Crippen LogP) is 2.70. The maximum absolute atomic E-state index is 5.77. The molecule has 1 aliphatic rings. The van der Waals surface area contributed by atoms with Crippen molar-refractivity contribution in [2.45, 2.75) is 6.42 Å². The van der Waals surface area contributed by atoms with E-state index in [1.165, 1.54) is 9.99 Å². The van der Waals surface area contributed by atoms with Crippen molar-refractivity contribution in [3.63, 3.8) is 0 Å². The van der Waals surface area contributed by atoms with Gasteiger partial charge < -0.3 is 10.1 Å². The summed E-state index contributed by atoms with van der Waals surface area (Å²) in [5.74, 6) is 1.70. The Bertz CT molecular complexity index is 302. The summed E-state index contributed by atoms with van der Waals surface area (Å²) in [6.07, 6.45) is 1.24. The van der Waals surface area contributed by atoms with Crippen LogP contribution < -0.4 is 10.1 Å². The molecule has 0 aromatic heterocycles. The van der Waals surface area contributed by atoms with Gasteiger partial charge in [-0.15, -0.1) is 12.4 Å². The second-order valence-electron chi connectivity index (χ2n) is 3.60. The van der Waals surface area contributed by atoms with Crippen LogP contribution in [0.15, 0.2) is 24.3 Å². The Morgan fingerprint density at radius 1 is 1.40 bits per heavy atom. The second-order valence-corrected chi connectivity index (χ2v) is 4.76. The molecule has 1 aliphatic heterocycles. The summed E-state index contributed by atoms with van der Waals surface area (Å²) >= 11 is 2.31. The first-order valence-electron chi connectivity index (χ1n) is 4.94. The van der Waals surface area contributed by atoms with Gasteiger partial charge in [-0.25, -0.2) is 0 Å². The summed E-state index contributed by atoms with van der Waals surface area (Å²) in [4.78, 5) is 0. The molecule has 2 rings (SSSR count). The van der Waals surface area contributed by atoms with Gasteiger partial charge in [-0.3, -0.25) is 0 Å². The molecule has 1 unspecified atom stereocenters. The van der Waals surface area contributed by atoms with Gasteiger partial charge in [0.2, 0.25) is 0 Å². The van der Waals surface area contributed by atoms with E-state index in [1.54, 1.807) is 0 Å². The fourth-order valence-corrected chi connectivity index (χ4v) is 2.17. The van der Waals surface area contributed by atoms with Gasteiger partial charge in [0.15, 0.2) is 0 Å². The zero-order valence-corrected chi connectivity index (χ0v) is 11.4. The minimum absolute atomic E-state index is 0. The fourth-order valence-electron chi connectivity index (χ4n) is 1.63. The van der Waals surface area contributed by atoms with E-state index in [0.717, 1.165) is 25.4 Å². The van der Waals surface area contributed by atoms with Crippen molar-refractivity contribution < 1.29 is 4.74 Å². The maximum Gasteiger partial charge on any atom is 0.132 e. The van der Waals surface area contributed by atoms with Crippen molar-refractivity contribution in [1.82, 2.24) is 5.32 Å². The molecule has 0 aliphatic carbocycles. The smallest absolute Gasteiger partial charge is 0.132 e. The van der Waals surface area contributed by atoms with Gasteiger partial charge in [0.05, 0.1) is 10.2 Å². The predicted molar refractivity (Wildman–Crippen MR) is 72.9 cm³/mol. The van der Waals surface area contributed by atoms with Crippen LogP contribution in [0.4, 0.5) is 0 Å². The average molecular weight is 340 g/mol. The molecule has 0 spiro atoms. The van der Waals surface area contributed by atoms with Crippen molar-refractivity contribution in [3.05, 3.63) is 27.8 Å². The van der Waals surface area contributed by atoms with Crippen LogP contribution in [0.25, 0.3) is 0 Å². The van der Waals surface area contributed by atoms with Crippen LogP contribution in [0.5, 0.6) is 5.75 Å². The van der Waals surface area contributed by atoms with E-state index in [2.05, 4.69) is 34.0 Å². The van der Waals surface area contributed by atoms with Gasteiger partial charge >= 0.3 is 0 Å². The van der Waals surface area contributed by atoms with Crippen LogP contribution in [0.2, 0.25) is 0 Å². The summed E-state index contributed by atoms with van der Waals surface area (Å²) in [7, 11) is 0. The molecule has 4 heteroatoms. The quantitative estimate of drug-likeness (QED) is 0.855. The third-order valence-corrected chi connectivity index (χ3v) is 3.36. The zero-order valence-electron chi connectivity index (χ0n) is 8.41. The highest BCUT2D eigenvalue weighted by atomic mass is 127. The van der Waals surface area contributed by atoms with Gasteiger partial charge in [0.1, 0.15) is 5.75 Å². The monoisotopic (exact) mass is 339 g/mol. The number of nitrogens with one attached hydrogen (secondary N) is 1. The lowest BCUT2D eigenvalue weighted by Gasteiger charge is -2.11. The third-order valence-electron chi connectivity index (χ3n) is 2.47. The Morgan fingerprint density at radius 2 is 2.20 bits per heavy atom. The lowest BCUT2D eigenvalue weighted by Crippen LogP contribution is -2.15. The van der Waals surface area contributed by atoms with E-state index < -0.39 is 0 Å². The third kappa shape index (κ3) is 3.81. The molecule has 0 amide bonds. The Labute approximate surface area is 110 Å². The van der Waals surface area contributed by atoms with Gasteiger partial charge in [0, 0.05) is 12.5 Å². The van der Waals surface area contributed by atoms with E-state index >= 15 is 0 Å². The van der Waals surface area contributed by atoms with Gasteiger partial charge in [0.25, 0.3) is 0 Å². The molecule has 0 saturated carbocycles. The summed E-state index contributed by atoms with van der Waals surface area (Å²) < 4.78 is 6.96. The second kappa shape index (κ2) is 6.55. The molecule has 1 heterocycles. The van der Waals surface area contributed by atoms with Crippen LogP contribution in [-0.2, 0) is 0 Å². The average Bonchev–Trinajstić information content (AvgIpc) is 2.69. The first-order chi connectivity index (χ1) is 6.86. The van der Waals surface area contributed by atoms with Crippen molar-refractivity contribution in [2.24, 2.45) is 5.92 Å². The molecule has 1 saturated heterocycles. The zero-order chi connectivity index (χ0) is 9.80. The van der Waals surface area contributed by atoms with Gasteiger partial charge in [-0.2, -0.15) is 0 Å². The SMILES string of the molecule is Cl.Ic1ccccc1OCC1CCNC1. The van der Waals surface area contributed by atoms with Crippen molar-refractivity contribution >= 4 is 35.0 Å². The molecule has 1 aromatic carbocycles. The molecule has 15 heavy (non-hydrogen) atoms. The summed E-state index contributed by atoms with van der Waals surface area (Å²) in [5.41, 5.74) is 0. The molecule has 84 valence electrons. The highest BCUT2D eigenvalue weighted by molar-refractivity contribution is 14.1. The topological polar surface area (TPSA) is 21.3 Å². The fraction of sp³-hybridized carbons (Fsp3) is 0.455. The lowest BCUT2D eigenvalue weighted by molar-refractivity contribution is 0.258. The van der Waals surface area contributed by atoms with Crippen LogP contribution in [0, 0.1) is 9.49 Å². The number of ether oxygens (including phenoxy) is 1. The number of para-hydroxylation sites is 1. The highest BCUT2D eigenvalue weighted by Gasteiger charge is 2.15. The molecular weight excluding hydrogens is 324 g/mol. The maximum atomic E-state index is 5.77. The minimum atomic E-state index is 0. The van der Waals surface area contributed by atoms with Crippen molar-refractivity contribution in [3.8, 4) is 5.75 Å². The Morgan fingerprint density at radius 3 is 2.87 bits per heavy atom. The minimum Gasteiger partial charge on any atom is -0.492 e. The van der Waals surface area contributed by atoms with Crippen LogP contribution in [0.3, 0.4) is 0 Å². The van der Waals surface area contributed by atoms with Crippen LogP contribution in [0.1, 0.15) is 6.42 Å². The van der Waals surface area contributed by atoms with Crippen molar-refractivity contribution in [2.75, 3.05) is 19.7 Å². The summed E-state index contributed by atoms with van der Waals surface area (Å²) in [5, 5.41) is 3.34. The molecular formula is C11H15ClINO. The first kappa shape index (κ1) is 13.1. The number of rotatable bonds is 3. The number of hydrogen-bond acceptors (Lipinski definition) is 2. The van der Waals surface area contributed by atoms with Crippen LogP contribution in [-0.4, -0.2) is 19.7 Å². The van der Waals surface area contributed by atoms with E-state index in [0.29, 0.717) is 5.92 Å². The van der Waals surface area contributed by atoms with Gasteiger partial charge in [-0.1, -0.05) is 12.1 Å². The largest absolute Gasteiger partial charge is 0.492 e. The van der Waals surface area contributed by atoms with E-state index in [4.69, 9.17) is 4.74 Å². The Hall–Kier alpha value is -0.0000000000000000208. The van der Waals surface area contributed by atoms with E-state index in [9.17, 15) is 0 Å². The highest BCUT2D eigenvalue weighted by Crippen LogP contribution is 2.21. The molecule has 1 fully saturated rings. The Balaban J connectivity index is 0.00000112. The van der Waals surface area contributed by atoms with Crippen molar-refractivity contribution in [1.29, 1.82) is 0 Å². The van der Waals surface area contributed by atoms with E-state index in [1.807, 2.05) is 18.2 Å². The first-order valence-corrected chi connectivity index (χ1v) is 6.02. The van der Waals surface area contributed by atoms with Crippen LogP contribution >= 0.6 is 35.0 Å². The van der Waals surface area contributed by atoms with E-state index in [-0.39, 0.29) is 12.4 Å². The van der Waals surface area contributed by atoms with Gasteiger partial charge in [-0.05, 0) is 47.7 Å². The molecule has 1 N–H and O–H groups in total. The summed E-state index contributed by atoms with van der Waals surface area (Å²) in [6.45, 7) is 3.08. The normalized spacial score (nSPS) is 19.7. The molecule has 0 radical (unpaired) electrons.